The van der Waals surface area contributed by atoms with Gasteiger partial charge in [0.2, 0.25) is 5.91 Å². The maximum atomic E-state index is 14.4. The van der Waals surface area contributed by atoms with E-state index in [4.69, 9.17) is 4.74 Å². The van der Waals surface area contributed by atoms with Crippen molar-refractivity contribution in [2.45, 2.75) is 68.7 Å². The van der Waals surface area contributed by atoms with E-state index in [1.54, 1.807) is 0 Å². The predicted octanol–water partition coefficient (Wildman–Crippen LogP) is 5.02. The van der Waals surface area contributed by atoms with Crippen LogP contribution < -0.4 is 5.32 Å². The molecule has 3 fully saturated rings. The van der Waals surface area contributed by atoms with Crippen molar-refractivity contribution >= 4 is 11.6 Å². The van der Waals surface area contributed by atoms with Crippen molar-refractivity contribution in [3.63, 3.8) is 0 Å². The fraction of sp³-hybridized carbons (Fsp3) is 0.500. The van der Waals surface area contributed by atoms with E-state index in [1.807, 2.05) is 6.07 Å². The summed E-state index contributed by atoms with van der Waals surface area (Å²) in [6.07, 6.45) is 7.01. The molecular formula is C26H30N2O2. The van der Waals surface area contributed by atoms with Gasteiger partial charge in [-0.2, -0.15) is 0 Å². The van der Waals surface area contributed by atoms with Crippen LogP contribution in [0.2, 0.25) is 0 Å². The number of carbonyl (C=O) groups is 1. The Labute approximate surface area is 178 Å². The van der Waals surface area contributed by atoms with Crippen LogP contribution in [0, 0.1) is 5.92 Å². The zero-order valence-electron chi connectivity index (χ0n) is 17.6. The Morgan fingerprint density at radius 2 is 1.73 bits per heavy atom. The Morgan fingerprint density at radius 1 is 1.00 bits per heavy atom. The summed E-state index contributed by atoms with van der Waals surface area (Å²) in [4.78, 5) is 16.5. The number of hydrogen-bond acceptors (Lipinski definition) is 3. The molecule has 0 unspecified atom stereocenters. The molecule has 0 radical (unpaired) electrons. The van der Waals surface area contributed by atoms with Crippen LogP contribution in [0.25, 0.3) is 0 Å². The van der Waals surface area contributed by atoms with Gasteiger partial charge in [0.25, 0.3) is 0 Å². The molecule has 2 aromatic rings. The zero-order valence-corrected chi connectivity index (χ0v) is 17.6. The van der Waals surface area contributed by atoms with Crippen molar-refractivity contribution in [2.24, 2.45) is 5.92 Å². The Hall–Kier alpha value is -2.33. The zero-order chi connectivity index (χ0) is 20.3. The number of rotatable bonds is 2. The maximum absolute atomic E-state index is 14.4. The van der Waals surface area contributed by atoms with E-state index >= 15 is 0 Å². The van der Waals surface area contributed by atoms with Gasteiger partial charge in [0.05, 0.1) is 12.6 Å². The standard InChI is InChI=1S/C26H30N2O2/c1-25-17-26(24(29)28(25)22(16-30-25)18-10-4-2-5-11-18)20-14-8-9-15-21(20)27-23(26)19-12-6-3-7-13-19/h2,4-5,8-11,14-15,19,22-23,27H,3,6-7,12-13,16-17H2,1H3/t22-,23-,25-,26-/m1/s1. The second-order valence-electron chi connectivity index (χ2n) is 9.80. The minimum absolute atomic E-state index is 0.0113. The number of amides is 1. The number of fused-ring (bicyclic) bond motifs is 3. The molecule has 0 bridgehead atoms. The first-order valence-electron chi connectivity index (χ1n) is 11.5. The van der Waals surface area contributed by atoms with Gasteiger partial charge in [-0.1, -0.05) is 67.8 Å². The third-order valence-electron chi connectivity index (χ3n) is 8.14. The van der Waals surface area contributed by atoms with Gasteiger partial charge >= 0.3 is 0 Å². The van der Waals surface area contributed by atoms with Crippen molar-refractivity contribution in [3.8, 4) is 0 Å². The quantitative estimate of drug-likeness (QED) is 0.767. The molecular weight excluding hydrogens is 372 g/mol. The summed E-state index contributed by atoms with van der Waals surface area (Å²) in [6, 6.07) is 19.0. The summed E-state index contributed by atoms with van der Waals surface area (Å²) in [7, 11) is 0. The Morgan fingerprint density at radius 3 is 2.53 bits per heavy atom. The molecule has 4 nitrogen and oxygen atoms in total. The molecule has 4 heteroatoms. The largest absolute Gasteiger partial charge is 0.380 e. The molecule has 1 aliphatic carbocycles. The van der Waals surface area contributed by atoms with Crippen molar-refractivity contribution < 1.29 is 9.53 Å². The third-order valence-corrected chi connectivity index (χ3v) is 8.14. The average molecular weight is 403 g/mol. The van der Waals surface area contributed by atoms with Crippen LogP contribution in [-0.2, 0) is 14.9 Å². The van der Waals surface area contributed by atoms with Gasteiger partial charge in [-0.15, -0.1) is 0 Å². The number of benzene rings is 2. The molecule has 0 aromatic heterocycles. The second-order valence-corrected chi connectivity index (χ2v) is 9.80. The molecule has 30 heavy (non-hydrogen) atoms. The first-order valence-corrected chi connectivity index (χ1v) is 11.5. The van der Waals surface area contributed by atoms with E-state index in [0.717, 1.165) is 12.1 Å². The molecule has 2 saturated heterocycles. The minimum Gasteiger partial charge on any atom is -0.380 e. The molecule has 1 spiro atoms. The van der Waals surface area contributed by atoms with Crippen molar-refractivity contribution in [1.29, 1.82) is 0 Å². The molecule has 3 heterocycles. The summed E-state index contributed by atoms with van der Waals surface area (Å²) in [5.74, 6) is 0.790. The maximum Gasteiger partial charge on any atom is 0.238 e. The number of carbonyl (C=O) groups excluding carboxylic acids is 1. The fourth-order valence-corrected chi connectivity index (χ4v) is 6.85. The van der Waals surface area contributed by atoms with E-state index in [1.165, 1.54) is 43.2 Å². The predicted molar refractivity (Wildman–Crippen MR) is 117 cm³/mol. The minimum atomic E-state index is -0.552. The summed E-state index contributed by atoms with van der Waals surface area (Å²) >= 11 is 0. The highest BCUT2D eigenvalue weighted by Crippen LogP contribution is 2.59. The molecule has 1 N–H and O–H groups in total. The second kappa shape index (κ2) is 6.58. The molecule has 4 atom stereocenters. The van der Waals surface area contributed by atoms with Crippen LogP contribution in [0.5, 0.6) is 0 Å². The number of anilines is 1. The van der Waals surface area contributed by atoms with Gasteiger partial charge in [-0.25, -0.2) is 0 Å². The SMILES string of the molecule is C[C@@]12C[C@@]3(C(=O)N1[C@@H](c1ccccc1)CO2)c1ccccc1N[C@@H]3C1CCCCC1. The summed E-state index contributed by atoms with van der Waals surface area (Å²) in [5.41, 5.74) is 2.41. The summed E-state index contributed by atoms with van der Waals surface area (Å²) < 4.78 is 6.42. The lowest BCUT2D eigenvalue weighted by Gasteiger charge is -2.38. The van der Waals surface area contributed by atoms with Gasteiger partial charge in [0.15, 0.2) is 0 Å². The highest BCUT2D eigenvalue weighted by Gasteiger charge is 2.69. The Bertz CT molecular complexity index is 970. The van der Waals surface area contributed by atoms with E-state index in [2.05, 4.69) is 65.7 Å². The van der Waals surface area contributed by atoms with Crippen LogP contribution in [0.1, 0.15) is 62.6 Å². The highest BCUT2D eigenvalue weighted by molar-refractivity contribution is 5.97. The smallest absolute Gasteiger partial charge is 0.238 e. The van der Waals surface area contributed by atoms with E-state index in [0.29, 0.717) is 12.5 Å². The Kier molecular flexibility index (Phi) is 4.05. The first kappa shape index (κ1) is 18.4. The molecule has 4 aliphatic rings. The normalized spacial score (nSPS) is 35.5. The fourth-order valence-electron chi connectivity index (χ4n) is 6.85. The lowest BCUT2D eigenvalue weighted by atomic mass is 9.67. The van der Waals surface area contributed by atoms with Gasteiger partial charge < -0.3 is 15.0 Å². The summed E-state index contributed by atoms with van der Waals surface area (Å²) in [6.45, 7) is 2.70. The molecule has 3 aliphatic heterocycles. The Balaban J connectivity index is 1.46. The molecule has 6 rings (SSSR count). The van der Waals surface area contributed by atoms with E-state index in [9.17, 15) is 4.79 Å². The number of nitrogens with one attached hydrogen (secondary N) is 1. The van der Waals surface area contributed by atoms with Crippen molar-refractivity contribution in [1.82, 2.24) is 4.90 Å². The van der Waals surface area contributed by atoms with Gasteiger partial charge in [0, 0.05) is 18.2 Å². The van der Waals surface area contributed by atoms with Gasteiger partial charge in [0.1, 0.15) is 11.1 Å². The topological polar surface area (TPSA) is 41.6 Å². The molecule has 1 saturated carbocycles. The van der Waals surface area contributed by atoms with E-state index < -0.39 is 11.1 Å². The van der Waals surface area contributed by atoms with Crippen molar-refractivity contribution in [2.75, 3.05) is 11.9 Å². The van der Waals surface area contributed by atoms with Gasteiger partial charge in [-0.05, 0) is 42.9 Å². The summed E-state index contributed by atoms with van der Waals surface area (Å²) in [5, 5.41) is 3.83. The molecule has 156 valence electrons. The lowest BCUT2D eigenvalue weighted by molar-refractivity contribution is -0.139. The third kappa shape index (κ3) is 2.40. The van der Waals surface area contributed by atoms with Crippen LogP contribution in [0.4, 0.5) is 5.69 Å². The van der Waals surface area contributed by atoms with Crippen LogP contribution >= 0.6 is 0 Å². The number of hydrogen-bond donors (Lipinski definition) is 1. The van der Waals surface area contributed by atoms with Crippen LogP contribution in [-0.4, -0.2) is 29.2 Å². The van der Waals surface area contributed by atoms with Crippen LogP contribution in [0.3, 0.4) is 0 Å². The number of para-hydroxylation sites is 1. The van der Waals surface area contributed by atoms with Crippen LogP contribution in [0.15, 0.2) is 54.6 Å². The average Bonchev–Trinajstić information content (AvgIpc) is 3.38. The molecule has 2 aromatic carbocycles. The highest BCUT2D eigenvalue weighted by atomic mass is 16.5. The monoisotopic (exact) mass is 402 g/mol. The van der Waals surface area contributed by atoms with E-state index in [-0.39, 0.29) is 18.0 Å². The van der Waals surface area contributed by atoms with Crippen molar-refractivity contribution in [3.05, 3.63) is 65.7 Å². The number of nitrogens with zero attached hydrogens (tertiary/aromatic N) is 1. The number of ether oxygens (including phenoxy) is 1. The first-order chi connectivity index (χ1) is 14.6. The van der Waals surface area contributed by atoms with Gasteiger partial charge in [-0.3, -0.25) is 4.79 Å². The molecule has 1 amide bonds. The lowest BCUT2D eigenvalue weighted by Crippen LogP contribution is -2.50.